The fraction of sp³-hybridized carbons (Fsp3) is 0.333. The van der Waals surface area contributed by atoms with Crippen LogP contribution in [0.25, 0.3) is 0 Å². The smallest absolute Gasteiger partial charge is 0.0755 e. The van der Waals surface area contributed by atoms with Crippen LogP contribution in [0.3, 0.4) is 0 Å². The van der Waals surface area contributed by atoms with Crippen LogP contribution in [0.5, 0.6) is 0 Å². The zero-order valence-electron chi connectivity index (χ0n) is 11.0. The van der Waals surface area contributed by atoms with Gasteiger partial charge in [0.05, 0.1) is 12.6 Å². The van der Waals surface area contributed by atoms with Gasteiger partial charge in [-0.1, -0.05) is 12.1 Å². The van der Waals surface area contributed by atoms with Gasteiger partial charge in [0.25, 0.3) is 0 Å². The molecule has 1 atom stereocenters. The Morgan fingerprint density at radius 1 is 1.22 bits per heavy atom. The maximum atomic E-state index is 9.59. The summed E-state index contributed by atoms with van der Waals surface area (Å²) >= 11 is 1.78. The molecular weight excluding hydrogens is 242 g/mol. The van der Waals surface area contributed by atoms with Crippen molar-refractivity contribution >= 4 is 17.0 Å². The Morgan fingerprint density at radius 2 is 2.00 bits per heavy atom. The van der Waals surface area contributed by atoms with Crippen molar-refractivity contribution in [3.05, 3.63) is 51.2 Å². The first kappa shape index (κ1) is 13.1. The molecule has 1 aromatic heterocycles. The normalized spacial score (nSPS) is 12.4. The summed E-state index contributed by atoms with van der Waals surface area (Å²) in [5.74, 6) is 0. The van der Waals surface area contributed by atoms with Crippen molar-refractivity contribution in [2.45, 2.75) is 26.8 Å². The van der Waals surface area contributed by atoms with Crippen molar-refractivity contribution in [3.8, 4) is 0 Å². The Labute approximate surface area is 112 Å². The molecule has 0 fully saturated rings. The topological polar surface area (TPSA) is 32.3 Å². The lowest BCUT2D eigenvalue weighted by Gasteiger charge is -2.18. The van der Waals surface area contributed by atoms with Gasteiger partial charge in [0.2, 0.25) is 0 Å². The van der Waals surface area contributed by atoms with Crippen molar-refractivity contribution in [2.24, 2.45) is 0 Å². The predicted octanol–water partition coefficient (Wildman–Crippen LogP) is 3.82. The SMILES string of the molecule is Cc1cccc(NC(CO)c2cc(C)sc2C)c1. The molecule has 0 saturated heterocycles. The number of aliphatic hydroxyl groups excluding tert-OH is 1. The minimum atomic E-state index is -0.0308. The monoisotopic (exact) mass is 261 g/mol. The van der Waals surface area contributed by atoms with Gasteiger partial charge in [-0.3, -0.25) is 0 Å². The molecule has 18 heavy (non-hydrogen) atoms. The van der Waals surface area contributed by atoms with E-state index in [1.54, 1.807) is 11.3 Å². The highest BCUT2D eigenvalue weighted by molar-refractivity contribution is 7.12. The van der Waals surface area contributed by atoms with Gasteiger partial charge in [-0.15, -0.1) is 11.3 Å². The molecule has 0 amide bonds. The Kier molecular flexibility index (Phi) is 4.04. The lowest BCUT2D eigenvalue weighted by molar-refractivity contribution is 0.276. The number of benzene rings is 1. The fourth-order valence-corrected chi connectivity index (χ4v) is 3.14. The molecule has 0 bridgehead atoms. The maximum absolute atomic E-state index is 9.59. The minimum Gasteiger partial charge on any atom is -0.394 e. The number of nitrogens with one attached hydrogen (secondary N) is 1. The summed E-state index contributed by atoms with van der Waals surface area (Å²) < 4.78 is 0. The molecule has 0 aliphatic carbocycles. The molecule has 2 N–H and O–H groups in total. The van der Waals surface area contributed by atoms with Gasteiger partial charge in [0, 0.05) is 15.4 Å². The molecule has 0 aliphatic rings. The van der Waals surface area contributed by atoms with Crippen LogP contribution < -0.4 is 5.32 Å². The van der Waals surface area contributed by atoms with E-state index in [1.165, 1.54) is 20.9 Å². The van der Waals surface area contributed by atoms with Crippen LogP contribution in [0.15, 0.2) is 30.3 Å². The van der Waals surface area contributed by atoms with E-state index < -0.39 is 0 Å². The highest BCUT2D eigenvalue weighted by Gasteiger charge is 2.14. The lowest BCUT2D eigenvalue weighted by atomic mass is 10.1. The molecular formula is C15H19NOS. The van der Waals surface area contributed by atoms with Gasteiger partial charge in [-0.25, -0.2) is 0 Å². The second-order valence-electron chi connectivity index (χ2n) is 4.62. The average Bonchev–Trinajstić information content (AvgIpc) is 2.65. The predicted molar refractivity (Wildman–Crippen MR) is 78.4 cm³/mol. The highest BCUT2D eigenvalue weighted by atomic mass is 32.1. The van der Waals surface area contributed by atoms with Crippen LogP contribution in [0.1, 0.15) is 26.9 Å². The zero-order chi connectivity index (χ0) is 13.1. The van der Waals surface area contributed by atoms with Gasteiger partial charge in [0.15, 0.2) is 0 Å². The minimum absolute atomic E-state index is 0.0308. The lowest BCUT2D eigenvalue weighted by Crippen LogP contribution is -2.15. The number of hydrogen-bond acceptors (Lipinski definition) is 3. The number of rotatable bonds is 4. The first-order valence-electron chi connectivity index (χ1n) is 6.11. The van der Waals surface area contributed by atoms with Gasteiger partial charge < -0.3 is 10.4 Å². The largest absolute Gasteiger partial charge is 0.394 e. The third-order valence-corrected chi connectivity index (χ3v) is 3.98. The van der Waals surface area contributed by atoms with Crippen LogP contribution in [0.2, 0.25) is 0 Å². The van der Waals surface area contributed by atoms with E-state index in [0.29, 0.717) is 0 Å². The summed E-state index contributed by atoms with van der Waals surface area (Å²) in [7, 11) is 0. The standard InChI is InChI=1S/C15H19NOS/c1-10-5-4-6-13(7-10)16-15(9-17)14-8-11(2)18-12(14)3/h4-8,15-17H,9H2,1-3H3. The third-order valence-electron chi connectivity index (χ3n) is 3.00. The molecule has 0 spiro atoms. The van der Waals surface area contributed by atoms with E-state index in [2.05, 4.69) is 44.3 Å². The molecule has 0 saturated carbocycles. The summed E-state index contributed by atoms with van der Waals surface area (Å²) in [4.78, 5) is 2.55. The first-order valence-corrected chi connectivity index (χ1v) is 6.93. The molecule has 2 rings (SSSR count). The summed E-state index contributed by atoms with van der Waals surface area (Å²) in [5, 5.41) is 13.0. The van der Waals surface area contributed by atoms with Crippen molar-refractivity contribution in [1.82, 2.24) is 0 Å². The van der Waals surface area contributed by atoms with Crippen LogP contribution in [-0.2, 0) is 0 Å². The Balaban J connectivity index is 2.22. The Morgan fingerprint density at radius 3 is 2.56 bits per heavy atom. The molecule has 2 aromatic rings. The van der Waals surface area contributed by atoms with E-state index in [0.717, 1.165) is 5.69 Å². The second-order valence-corrected chi connectivity index (χ2v) is 6.08. The van der Waals surface area contributed by atoms with Crippen LogP contribution in [0, 0.1) is 20.8 Å². The maximum Gasteiger partial charge on any atom is 0.0755 e. The van der Waals surface area contributed by atoms with Gasteiger partial charge >= 0.3 is 0 Å². The van der Waals surface area contributed by atoms with E-state index in [4.69, 9.17) is 0 Å². The summed E-state index contributed by atoms with van der Waals surface area (Å²) in [6, 6.07) is 10.3. The van der Waals surface area contributed by atoms with Crippen molar-refractivity contribution in [1.29, 1.82) is 0 Å². The molecule has 0 aliphatic heterocycles. The quantitative estimate of drug-likeness (QED) is 0.877. The van der Waals surface area contributed by atoms with E-state index >= 15 is 0 Å². The average molecular weight is 261 g/mol. The number of hydrogen-bond donors (Lipinski definition) is 2. The van der Waals surface area contributed by atoms with Gasteiger partial charge in [0.1, 0.15) is 0 Å². The summed E-state index contributed by atoms with van der Waals surface area (Å²) in [5.41, 5.74) is 3.47. The fourth-order valence-electron chi connectivity index (χ4n) is 2.15. The van der Waals surface area contributed by atoms with Crippen LogP contribution in [-0.4, -0.2) is 11.7 Å². The Bertz CT molecular complexity index is 533. The molecule has 96 valence electrons. The number of anilines is 1. The number of aryl methyl sites for hydroxylation is 3. The summed E-state index contributed by atoms with van der Waals surface area (Å²) in [6.07, 6.45) is 0. The summed E-state index contributed by atoms with van der Waals surface area (Å²) in [6.45, 7) is 6.37. The molecule has 2 nitrogen and oxygen atoms in total. The van der Waals surface area contributed by atoms with Crippen molar-refractivity contribution < 1.29 is 5.11 Å². The van der Waals surface area contributed by atoms with E-state index in [-0.39, 0.29) is 12.6 Å². The molecule has 1 heterocycles. The number of aliphatic hydroxyl groups is 1. The molecule has 0 radical (unpaired) electrons. The third kappa shape index (κ3) is 2.92. The van der Waals surface area contributed by atoms with E-state index in [1.807, 2.05) is 12.1 Å². The second kappa shape index (κ2) is 5.55. The molecule has 1 unspecified atom stereocenters. The van der Waals surface area contributed by atoms with Gasteiger partial charge in [-0.2, -0.15) is 0 Å². The molecule has 1 aromatic carbocycles. The van der Waals surface area contributed by atoms with E-state index in [9.17, 15) is 5.11 Å². The van der Waals surface area contributed by atoms with Crippen molar-refractivity contribution in [3.63, 3.8) is 0 Å². The molecule has 3 heteroatoms. The van der Waals surface area contributed by atoms with Gasteiger partial charge in [-0.05, 0) is 50.1 Å². The number of thiophene rings is 1. The van der Waals surface area contributed by atoms with Crippen molar-refractivity contribution in [2.75, 3.05) is 11.9 Å². The zero-order valence-corrected chi connectivity index (χ0v) is 11.8. The highest BCUT2D eigenvalue weighted by Crippen LogP contribution is 2.28. The van der Waals surface area contributed by atoms with Crippen LogP contribution in [0.4, 0.5) is 5.69 Å². The first-order chi connectivity index (χ1) is 8.60. The Hall–Kier alpha value is -1.32. The van der Waals surface area contributed by atoms with Crippen LogP contribution >= 0.6 is 11.3 Å².